The second-order valence-electron chi connectivity index (χ2n) is 5.12. The van der Waals surface area contributed by atoms with Gasteiger partial charge in [0.25, 0.3) is 0 Å². The number of hydrogen-bond acceptors (Lipinski definition) is 3. The number of unbranched alkanes of at least 4 members (excludes halogenated alkanes) is 2. The van der Waals surface area contributed by atoms with Crippen molar-refractivity contribution in [1.29, 1.82) is 0 Å². The predicted octanol–water partition coefficient (Wildman–Crippen LogP) is 3.19. The van der Waals surface area contributed by atoms with Crippen LogP contribution in [0, 0.1) is 0 Å². The Hall–Kier alpha value is -1.55. The first-order valence-electron chi connectivity index (χ1n) is 7.39. The van der Waals surface area contributed by atoms with Gasteiger partial charge >= 0.3 is 0 Å². The largest absolute Gasteiger partial charge is 0.491 e. The Morgan fingerprint density at radius 1 is 1.20 bits per heavy atom. The van der Waals surface area contributed by atoms with Crippen LogP contribution in [0.4, 0.5) is 5.69 Å². The van der Waals surface area contributed by atoms with Crippen LogP contribution in [0.15, 0.2) is 24.3 Å². The van der Waals surface area contributed by atoms with E-state index in [2.05, 4.69) is 17.6 Å². The number of carbonyl (C=O) groups is 1. The molecule has 1 amide bonds. The summed E-state index contributed by atoms with van der Waals surface area (Å²) in [4.78, 5) is 11.7. The first-order valence-corrected chi connectivity index (χ1v) is 7.39. The highest BCUT2D eigenvalue weighted by molar-refractivity contribution is 5.92. The number of ether oxygens (including phenoxy) is 1. The maximum absolute atomic E-state index is 11.7. The molecule has 0 aliphatic carbocycles. The summed E-state index contributed by atoms with van der Waals surface area (Å²) >= 11 is 0. The van der Waals surface area contributed by atoms with E-state index >= 15 is 0 Å². The van der Waals surface area contributed by atoms with Crippen LogP contribution in [-0.4, -0.2) is 25.1 Å². The van der Waals surface area contributed by atoms with Gasteiger partial charge in [0.15, 0.2) is 0 Å². The van der Waals surface area contributed by atoms with E-state index in [1.807, 2.05) is 38.1 Å². The van der Waals surface area contributed by atoms with Gasteiger partial charge in [0.2, 0.25) is 5.91 Å². The molecule has 0 heterocycles. The lowest BCUT2D eigenvalue weighted by atomic mass is 10.2. The molecular weight excluding hydrogens is 252 g/mol. The lowest BCUT2D eigenvalue weighted by Gasteiger charge is -2.11. The third-order valence-corrected chi connectivity index (χ3v) is 2.75. The van der Waals surface area contributed by atoms with E-state index in [1.165, 1.54) is 12.8 Å². The lowest BCUT2D eigenvalue weighted by Crippen LogP contribution is -2.28. The predicted molar refractivity (Wildman–Crippen MR) is 83.2 cm³/mol. The van der Waals surface area contributed by atoms with Gasteiger partial charge in [0, 0.05) is 5.69 Å². The Bertz CT molecular complexity index is 388. The Morgan fingerprint density at radius 3 is 2.50 bits per heavy atom. The topological polar surface area (TPSA) is 50.4 Å². The molecule has 0 aliphatic rings. The van der Waals surface area contributed by atoms with Crippen molar-refractivity contribution in [2.45, 2.75) is 46.1 Å². The van der Waals surface area contributed by atoms with Crippen LogP contribution >= 0.6 is 0 Å². The smallest absolute Gasteiger partial charge is 0.238 e. The van der Waals surface area contributed by atoms with Gasteiger partial charge in [0.1, 0.15) is 5.75 Å². The molecule has 4 nitrogen and oxygen atoms in total. The van der Waals surface area contributed by atoms with Crippen molar-refractivity contribution in [3.63, 3.8) is 0 Å². The zero-order chi connectivity index (χ0) is 14.8. The van der Waals surface area contributed by atoms with Crippen molar-refractivity contribution in [3.05, 3.63) is 24.3 Å². The summed E-state index contributed by atoms with van der Waals surface area (Å²) in [6.45, 7) is 7.38. The van der Waals surface area contributed by atoms with Crippen LogP contribution in [0.3, 0.4) is 0 Å². The van der Waals surface area contributed by atoms with Crippen molar-refractivity contribution < 1.29 is 9.53 Å². The minimum Gasteiger partial charge on any atom is -0.491 e. The normalized spacial score (nSPS) is 10.6. The van der Waals surface area contributed by atoms with E-state index in [0.29, 0.717) is 6.54 Å². The second kappa shape index (κ2) is 9.37. The Balaban J connectivity index is 2.27. The van der Waals surface area contributed by atoms with Crippen molar-refractivity contribution in [3.8, 4) is 5.75 Å². The third-order valence-electron chi connectivity index (χ3n) is 2.75. The molecule has 4 heteroatoms. The summed E-state index contributed by atoms with van der Waals surface area (Å²) in [6, 6.07) is 7.44. The summed E-state index contributed by atoms with van der Waals surface area (Å²) in [6.07, 6.45) is 3.66. The highest BCUT2D eigenvalue weighted by Crippen LogP contribution is 2.16. The van der Waals surface area contributed by atoms with Gasteiger partial charge in [-0.1, -0.05) is 19.8 Å². The van der Waals surface area contributed by atoms with E-state index < -0.39 is 0 Å². The average molecular weight is 278 g/mol. The summed E-state index contributed by atoms with van der Waals surface area (Å²) in [5, 5.41) is 6.00. The second-order valence-corrected chi connectivity index (χ2v) is 5.12. The molecule has 0 bridgehead atoms. The van der Waals surface area contributed by atoms with Crippen LogP contribution in [0.25, 0.3) is 0 Å². The van der Waals surface area contributed by atoms with E-state index in [1.54, 1.807) is 0 Å². The van der Waals surface area contributed by atoms with Crippen LogP contribution in [-0.2, 0) is 4.79 Å². The number of carbonyl (C=O) groups excluding carboxylic acids is 1. The minimum absolute atomic E-state index is 0.0148. The summed E-state index contributed by atoms with van der Waals surface area (Å²) < 4.78 is 5.55. The molecule has 112 valence electrons. The van der Waals surface area contributed by atoms with Crippen LogP contribution in [0.2, 0.25) is 0 Å². The standard InChI is InChI=1S/C16H26N2O2/c1-4-5-6-11-17-12-16(19)18-14-7-9-15(10-8-14)20-13(2)3/h7-10,13,17H,4-6,11-12H2,1-3H3,(H,18,19). The molecule has 0 aromatic heterocycles. The van der Waals surface area contributed by atoms with E-state index in [-0.39, 0.29) is 12.0 Å². The lowest BCUT2D eigenvalue weighted by molar-refractivity contribution is -0.115. The monoisotopic (exact) mass is 278 g/mol. The number of amides is 1. The molecule has 20 heavy (non-hydrogen) atoms. The molecule has 0 spiro atoms. The third kappa shape index (κ3) is 7.14. The van der Waals surface area contributed by atoms with Crippen LogP contribution in [0.1, 0.15) is 40.0 Å². The molecule has 1 aromatic rings. The molecule has 1 aromatic carbocycles. The first-order chi connectivity index (χ1) is 9.61. The van der Waals surface area contributed by atoms with Gasteiger partial charge in [-0.05, 0) is 51.1 Å². The fraction of sp³-hybridized carbons (Fsp3) is 0.562. The maximum Gasteiger partial charge on any atom is 0.238 e. The van der Waals surface area contributed by atoms with E-state index in [9.17, 15) is 4.79 Å². The zero-order valence-electron chi connectivity index (χ0n) is 12.7. The van der Waals surface area contributed by atoms with Crippen LogP contribution < -0.4 is 15.4 Å². The molecule has 0 aliphatic heterocycles. The van der Waals surface area contributed by atoms with Gasteiger partial charge in [-0.25, -0.2) is 0 Å². The summed E-state index contributed by atoms with van der Waals surface area (Å²) in [7, 11) is 0. The quantitative estimate of drug-likeness (QED) is 0.682. The van der Waals surface area contributed by atoms with Crippen LogP contribution in [0.5, 0.6) is 5.75 Å². The maximum atomic E-state index is 11.7. The fourth-order valence-electron chi connectivity index (χ4n) is 1.80. The van der Waals surface area contributed by atoms with Gasteiger partial charge in [-0.2, -0.15) is 0 Å². The van der Waals surface area contributed by atoms with Gasteiger partial charge in [0.05, 0.1) is 12.6 Å². The van der Waals surface area contributed by atoms with Crippen molar-refractivity contribution >= 4 is 11.6 Å². The highest BCUT2D eigenvalue weighted by atomic mass is 16.5. The summed E-state index contributed by atoms with van der Waals surface area (Å²) in [5.41, 5.74) is 0.793. The number of nitrogens with one attached hydrogen (secondary N) is 2. The fourth-order valence-corrected chi connectivity index (χ4v) is 1.80. The molecule has 0 unspecified atom stereocenters. The van der Waals surface area contributed by atoms with Crippen molar-refractivity contribution in [2.24, 2.45) is 0 Å². The molecule has 0 atom stereocenters. The SMILES string of the molecule is CCCCCNCC(=O)Nc1ccc(OC(C)C)cc1. The zero-order valence-corrected chi connectivity index (χ0v) is 12.7. The Labute approximate surface area is 121 Å². The molecule has 0 saturated heterocycles. The Morgan fingerprint density at radius 2 is 1.90 bits per heavy atom. The first kappa shape index (κ1) is 16.5. The average Bonchev–Trinajstić information content (AvgIpc) is 2.40. The molecule has 0 radical (unpaired) electrons. The number of benzene rings is 1. The van der Waals surface area contributed by atoms with Gasteiger partial charge in [-0.3, -0.25) is 4.79 Å². The molecule has 0 saturated carbocycles. The molecule has 1 rings (SSSR count). The highest BCUT2D eigenvalue weighted by Gasteiger charge is 2.02. The van der Waals surface area contributed by atoms with E-state index in [4.69, 9.17) is 4.74 Å². The number of rotatable bonds is 9. The van der Waals surface area contributed by atoms with Gasteiger partial charge < -0.3 is 15.4 Å². The molecule has 0 fully saturated rings. The van der Waals surface area contributed by atoms with E-state index in [0.717, 1.165) is 24.4 Å². The Kier molecular flexibility index (Phi) is 7.73. The molecule has 2 N–H and O–H groups in total. The summed E-state index contributed by atoms with van der Waals surface area (Å²) in [5.74, 6) is 0.801. The minimum atomic E-state index is -0.0148. The van der Waals surface area contributed by atoms with Crippen molar-refractivity contribution in [2.75, 3.05) is 18.4 Å². The van der Waals surface area contributed by atoms with Gasteiger partial charge in [-0.15, -0.1) is 0 Å². The number of hydrogen-bond donors (Lipinski definition) is 2. The number of anilines is 1. The molecular formula is C16H26N2O2. The van der Waals surface area contributed by atoms with Crippen molar-refractivity contribution in [1.82, 2.24) is 5.32 Å².